The first-order valence-corrected chi connectivity index (χ1v) is 16.8. The number of ether oxygens (including phenoxy) is 2. The van der Waals surface area contributed by atoms with Gasteiger partial charge in [-0.3, -0.25) is 0 Å². The van der Waals surface area contributed by atoms with Gasteiger partial charge < -0.3 is 29.1 Å². The maximum Gasteiger partial charge on any atom is 0.407 e. The summed E-state index contributed by atoms with van der Waals surface area (Å²) in [6, 6.07) is 6.33. The minimum Gasteiger partial charge on any atom is -0.444 e. The molecule has 6 heterocycles. The van der Waals surface area contributed by atoms with E-state index < -0.39 is 5.60 Å². The molecule has 47 heavy (non-hydrogen) atoms. The molecular weight excluding hydrogens is 598 g/mol. The fraction of sp³-hybridized carbons (Fsp3) is 0.588. The van der Waals surface area contributed by atoms with E-state index >= 15 is 0 Å². The molecule has 7 rings (SSSR count). The fourth-order valence-corrected chi connectivity index (χ4v) is 6.84. The van der Waals surface area contributed by atoms with Gasteiger partial charge in [-0.25, -0.2) is 19.4 Å². The van der Waals surface area contributed by atoms with Crippen molar-refractivity contribution in [2.45, 2.75) is 90.9 Å². The van der Waals surface area contributed by atoms with Crippen molar-refractivity contribution < 1.29 is 18.8 Å². The highest BCUT2D eigenvalue weighted by Crippen LogP contribution is 2.43. The highest BCUT2D eigenvalue weighted by Gasteiger charge is 2.34. The molecule has 13 heteroatoms. The van der Waals surface area contributed by atoms with Crippen molar-refractivity contribution in [3.8, 4) is 11.4 Å². The summed E-state index contributed by atoms with van der Waals surface area (Å²) in [4.78, 5) is 31.3. The van der Waals surface area contributed by atoms with Crippen molar-refractivity contribution in [2.24, 2.45) is 5.41 Å². The van der Waals surface area contributed by atoms with Crippen LogP contribution in [0.1, 0.15) is 90.9 Å². The van der Waals surface area contributed by atoms with E-state index in [4.69, 9.17) is 29.1 Å². The second-order valence-corrected chi connectivity index (χ2v) is 14.5. The van der Waals surface area contributed by atoms with Crippen molar-refractivity contribution in [1.29, 1.82) is 0 Å². The number of amides is 1. The lowest BCUT2D eigenvalue weighted by Gasteiger charge is -2.40. The quantitative estimate of drug-likeness (QED) is 0.252. The molecule has 13 nitrogen and oxygen atoms in total. The second-order valence-electron chi connectivity index (χ2n) is 14.5. The van der Waals surface area contributed by atoms with Gasteiger partial charge in [-0.2, -0.15) is 4.98 Å². The smallest absolute Gasteiger partial charge is 0.407 e. The first-order chi connectivity index (χ1) is 22.6. The third-order valence-electron chi connectivity index (χ3n) is 9.66. The lowest BCUT2D eigenvalue weighted by atomic mass is 9.80. The average molecular weight is 644 g/mol. The number of anilines is 3. The van der Waals surface area contributed by atoms with E-state index in [9.17, 15) is 4.79 Å². The molecule has 3 aliphatic rings. The van der Waals surface area contributed by atoms with Gasteiger partial charge in [0.2, 0.25) is 12.2 Å². The van der Waals surface area contributed by atoms with Crippen LogP contribution < -0.4 is 15.1 Å². The number of carbonyl (C=O) groups is 1. The maximum atomic E-state index is 12.3. The van der Waals surface area contributed by atoms with Crippen molar-refractivity contribution in [3.05, 3.63) is 36.4 Å². The molecule has 2 atom stereocenters. The molecule has 1 amide bonds. The summed E-state index contributed by atoms with van der Waals surface area (Å²) < 4.78 is 18.7. The molecule has 4 aromatic rings. The van der Waals surface area contributed by atoms with Gasteiger partial charge in [0.1, 0.15) is 11.4 Å². The highest BCUT2D eigenvalue weighted by molar-refractivity contribution is 5.89. The van der Waals surface area contributed by atoms with Crippen LogP contribution in [0, 0.1) is 5.41 Å². The van der Waals surface area contributed by atoms with E-state index in [-0.39, 0.29) is 17.7 Å². The Morgan fingerprint density at radius 2 is 1.96 bits per heavy atom. The third-order valence-corrected chi connectivity index (χ3v) is 9.66. The van der Waals surface area contributed by atoms with Crippen molar-refractivity contribution in [2.75, 3.05) is 42.6 Å². The van der Waals surface area contributed by atoms with Crippen LogP contribution in [0.3, 0.4) is 0 Å². The number of nitrogens with zero attached hydrogens (tertiary/aromatic N) is 8. The number of aromatic nitrogens is 6. The van der Waals surface area contributed by atoms with E-state index in [0.29, 0.717) is 24.9 Å². The normalized spacial score (nSPS) is 21.5. The number of carbonyl (C=O) groups excluding carboxylic acids is 1. The number of hydrogen-bond donors (Lipinski definition) is 1. The van der Waals surface area contributed by atoms with Gasteiger partial charge in [-0.05, 0) is 94.4 Å². The maximum absolute atomic E-state index is 12.3. The van der Waals surface area contributed by atoms with E-state index in [1.54, 1.807) is 0 Å². The van der Waals surface area contributed by atoms with Gasteiger partial charge in [-0.15, -0.1) is 5.10 Å². The Morgan fingerprint density at radius 3 is 2.68 bits per heavy atom. The van der Waals surface area contributed by atoms with Crippen LogP contribution in [0.2, 0.25) is 0 Å². The lowest BCUT2D eigenvalue weighted by Crippen LogP contribution is -2.46. The molecule has 0 spiro atoms. The first kappa shape index (κ1) is 31.3. The summed E-state index contributed by atoms with van der Waals surface area (Å²) in [5.74, 6) is 2.58. The molecule has 3 aliphatic heterocycles. The molecular formula is C34H45N9O4. The van der Waals surface area contributed by atoms with Crippen LogP contribution in [0.25, 0.3) is 22.6 Å². The predicted molar refractivity (Wildman–Crippen MR) is 178 cm³/mol. The summed E-state index contributed by atoms with van der Waals surface area (Å²) in [5, 5.41) is 12.2. The van der Waals surface area contributed by atoms with Gasteiger partial charge in [0, 0.05) is 44.0 Å². The molecule has 250 valence electrons. The number of nitrogens with one attached hydrogen (secondary N) is 1. The molecule has 0 radical (unpaired) electrons. The monoisotopic (exact) mass is 643 g/mol. The Bertz CT molecular complexity index is 1720. The summed E-state index contributed by atoms with van der Waals surface area (Å²) >= 11 is 0. The van der Waals surface area contributed by atoms with Gasteiger partial charge in [-0.1, -0.05) is 19.0 Å². The van der Waals surface area contributed by atoms with Crippen molar-refractivity contribution in [1.82, 2.24) is 35.2 Å². The fourth-order valence-electron chi connectivity index (χ4n) is 6.84. The Hall–Kier alpha value is -4.26. The second kappa shape index (κ2) is 12.4. The predicted octanol–water partition coefficient (Wildman–Crippen LogP) is 6.35. The molecule has 0 aliphatic carbocycles. The SMILES string of the molecule is C[C@H]1CCN(c2nn(C3CCCCO3)c3nc(N4CCC(C)(CNC(=O)OC(C)(C)C)CC4)cnc23)c2ccc(-c3ncon3)cc21. The third kappa shape index (κ3) is 6.50. The topological polar surface area (TPSA) is 137 Å². The molecule has 1 N–H and O–H groups in total. The molecule has 0 bridgehead atoms. The van der Waals surface area contributed by atoms with Crippen LogP contribution in [0.15, 0.2) is 35.3 Å². The molecule has 2 fully saturated rings. The number of hydrogen-bond acceptors (Lipinski definition) is 11. The van der Waals surface area contributed by atoms with Gasteiger partial charge >= 0.3 is 6.09 Å². The largest absolute Gasteiger partial charge is 0.444 e. The Labute approximate surface area is 275 Å². The van der Waals surface area contributed by atoms with E-state index in [0.717, 1.165) is 92.2 Å². The van der Waals surface area contributed by atoms with E-state index in [1.807, 2.05) is 37.7 Å². The highest BCUT2D eigenvalue weighted by atomic mass is 16.6. The number of alkyl carbamates (subject to hydrolysis) is 1. The van der Waals surface area contributed by atoms with Crippen molar-refractivity contribution in [3.63, 3.8) is 0 Å². The molecule has 3 aromatic heterocycles. The molecule has 1 aromatic carbocycles. The summed E-state index contributed by atoms with van der Waals surface area (Å²) in [5.41, 5.74) is 4.22. The number of piperidine rings is 1. The zero-order valence-corrected chi connectivity index (χ0v) is 28.0. The van der Waals surface area contributed by atoms with E-state index in [1.165, 1.54) is 12.0 Å². The Balaban J connectivity index is 1.16. The van der Waals surface area contributed by atoms with Crippen LogP contribution in [-0.2, 0) is 9.47 Å². The Kier molecular flexibility index (Phi) is 8.27. The summed E-state index contributed by atoms with van der Waals surface area (Å²) in [7, 11) is 0. The van der Waals surface area contributed by atoms with Gasteiger partial charge in [0.05, 0.1) is 6.20 Å². The van der Waals surface area contributed by atoms with Crippen LogP contribution in [-0.4, -0.2) is 74.4 Å². The lowest BCUT2D eigenvalue weighted by molar-refractivity contribution is -0.0368. The van der Waals surface area contributed by atoms with Gasteiger partial charge in [0.25, 0.3) is 0 Å². The standard InChI is InChI=1S/C34H45N9O4/c1-22-11-14-42(25-10-9-23(18-24(22)25)29-37-21-46-40-29)31-28-30(43(39-31)27-8-6-7-17-45-27)38-26(19-35-28)41-15-12-34(5,13-16-41)20-36-32(44)47-33(2,3)4/h9-10,18-19,21-22,27H,6-8,11-17,20H2,1-5H3,(H,36,44)/t22-,27?/m0/s1. The first-order valence-electron chi connectivity index (χ1n) is 16.8. The van der Waals surface area contributed by atoms with Crippen LogP contribution in [0.4, 0.5) is 22.1 Å². The van der Waals surface area contributed by atoms with Crippen LogP contribution in [0.5, 0.6) is 0 Å². The zero-order chi connectivity index (χ0) is 32.8. The summed E-state index contributed by atoms with van der Waals surface area (Å²) in [6.45, 7) is 13.8. The Morgan fingerprint density at radius 1 is 1.13 bits per heavy atom. The zero-order valence-electron chi connectivity index (χ0n) is 28.0. The minimum absolute atomic E-state index is 0.0296. The number of rotatable bonds is 6. The van der Waals surface area contributed by atoms with Crippen LogP contribution >= 0.6 is 0 Å². The van der Waals surface area contributed by atoms with Gasteiger partial charge in [0.15, 0.2) is 23.2 Å². The molecule has 1 unspecified atom stereocenters. The minimum atomic E-state index is -0.518. The average Bonchev–Trinajstić information content (AvgIpc) is 3.73. The summed E-state index contributed by atoms with van der Waals surface area (Å²) in [6.07, 6.45) is 8.49. The molecule has 2 saturated heterocycles. The van der Waals surface area contributed by atoms with E-state index in [2.05, 4.69) is 51.2 Å². The van der Waals surface area contributed by atoms with Crippen molar-refractivity contribution >= 4 is 34.6 Å². The number of fused-ring (bicyclic) bond motifs is 2. The molecule has 0 saturated carbocycles. The number of benzene rings is 1.